The van der Waals surface area contributed by atoms with Gasteiger partial charge in [0.25, 0.3) is 5.91 Å². The van der Waals surface area contributed by atoms with E-state index < -0.39 is 0 Å². The third-order valence-corrected chi connectivity index (χ3v) is 3.16. The van der Waals surface area contributed by atoms with Crippen LogP contribution in [0.15, 0.2) is 27.3 Å². The van der Waals surface area contributed by atoms with E-state index in [0.717, 1.165) is 15.7 Å². The average Bonchev–Trinajstić information content (AvgIpc) is 2.82. The van der Waals surface area contributed by atoms with Crippen molar-refractivity contribution in [3.05, 3.63) is 39.8 Å². The largest absolute Gasteiger partial charge is 0.351 e. The van der Waals surface area contributed by atoms with E-state index in [1.807, 2.05) is 26.8 Å². The van der Waals surface area contributed by atoms with Crippen molar-refractivity contribution < 1.29 is 9.32 Å². The number of halogens is 1. The van der Waals surface area contributed by atoms with Crippen molar-refractivity contribution in [1.82, 2.24) is 10.1 Å². The SMILES string of the molecule is Cc1cnc(NC(=O)c2cc(C(C)C)no2)c(Br)c1. The summed E-state index contributed by atoms with van der Waals surface area (Å²) < 4.78 is 5.74. The first-order valence-corrected chi connectivity index (χ1v) is 6.66. The molecule has 19 heavy (non-hydrogen) atoms. The second-order valence-electron chi connectivity index (χ2n) is 4.57. The molecule has 1 N–H and O–H groups in total. The smallest absolute Gasteiger partial charge is 0.295 e. The van der Waals surface area contributed by atoms with Gasteiger partial charge in [-0.3, -0.25) is 4.79 Å². The molecular weight excluding hydrogens is 310 g/mol. The van der Waals surface area contributed by atoms with E-state index in [0.29, 0.717) is 5.82 Å². The minimum atomic E-state index is -0.364. The van der Waals surface area contributed by atoms with Crippen LogP contribution in [0, 0.1) is 6.92 Å². The number of carbonyl (C=O) groups excluding carboxylic acids is 1. The van der Waals surface area contributed by atoms with Crippen LogP contribution in [-0.4, -0.2) is 16.0 Å². The average molecular weight is 324 g/mol. The van der Waals surface area contributed by atoms with E-state index in [1.165, 1.54) is 0 Å². The van der Waals surface area contributed by atoms with E-state index >= 15 is 0 Å². The van der Waals surface area contributed by atoms with E-state index in [9.17, 15) is 4.79 Å². The third kappa shape index (κ3) is 3.20. The van der Waals surface area contributed by atoms with Gasteiger partial charge in [-0.15, -0.1) is 0 Å². The molecular formula is C13H14BrN3O2. The quantitative estimate of drug-likeness (QED) is 0.938. The first-order valence-electron chi connectivity index (χ1n) is 5.87. The summed E-state index contributed by atoms with van der Waals surface area (Å²) in [4.78, 5) is 16.1. The van der Waals surface area contributed by atoms with Crippen molar-refractivity contribution in [2.75, 3.05) is 5.32 Å². The molecule has 5 nitrogen and oxygen atoms in total. The Morgan fingerprint density at radius 1 is 1.42 bits per heavy atom. The Labute approximate surface area is 119 Å². The monoisotopic (exact) mass is 323 g/mol. The highest BCUT2D eigenvalue weighted by atomic mass is 79.9. The van der Waals surface area contributed by atoms with E-state index in [2.05, 4.69) is 31.4 Å². The molecule has 0 unspecified atom stereocenters. The molecule has 0 aliphatic rings. The molecule has 2 rings (SSSR count). The number of carbonyl (C=O) groups is 1. The topological polar surface area (TPSA) is 68.0 Å². The van der Waals surface area contributed by atoms with Gasteiger partial charge in [0.05, 0.1) is 10.2 Å². The van der Waals surface area contributed by atoms with Gasteiger partial charge in [0.1, 0.15) is 5.82 Å². The van der Waals surface area contributed by atoms with Gasteiger partial charge < -0.3 is 9.84 Å². The number of pyridine rings is 1. The van der Waals surface area contributed by atoms with Crippen molar-refractivity contribution in [2.45, 2.75) is 26.7 Å². The van der Waals surface area contributed by atoms with Crippen LogP contribution in [0.3, 0.4) is 0 Å². The molecule has 1 amide bonds. The maximum atomic E-state index is 12.0. The molecule has 0 fully saturated rings. The maximum absolute atomic E-state index is 12.0. The summed E-state index contributed by atoms with van der Waals surface area (Å²) in [6, 6.07) is 3.52. The normalized spacial score (nSPS) is 10.8. The van der Waals surface area contributed by atoms with E-state index in [4.69, 9.17) is 4.52 Å². The van der Waals surface area contributed by atoms with Crippen LogP contribution in [0.25, 0.3) is 0 Å². The fraction of sp³-hybridized carbons (Fsp3) is 0.308. The Morgan fingerprint density at radius 2 is 2.16 bits per heavy atom. The number of aromatic nitrogens is 2. The van der Waals surface area contributed by atoms with Crippen molar-refractivity contribution in [3.8, 4) is 0 Å². The van der Waals surface area contributed by atoms with Gasteiger partial charge in [-0.05, 0) is 40.4 Å². The standard InChI is InChI=1S/C13H14BrN3O2/c1-7(2)10-5-11(19-17-10)13(18)16-12-9(14)4-8(3)6-15-12/h4-7H,1-3H3,(H,15,16,18). The van der Waals surface area contributed by atoms with Crippen LogP contribution in [-0.2, 0) is 0 Å². The molecule has 6 heteroatoms. The number of nitrogens with zero attached hydrogens (tertiary/aromatic N) is 2. The molecule has 0 atom stereocenters. The number of aryl methyl sites for hydroxylation is 1. The molecule has 0 spiro atoms. The highest BCUT2D eigenvalue weighted by Gasteiger charge is 2.16. The summed E-state index contributed by atoms with van der Waals surface area (Å²) in [5, 5.41) is 6.52. The lowest BCUT2D eigenvalue weighted by molar-refractivity contribution is 0.0987. The Bertz CT molecular complexity index is 608. The zero-order valence-electron chi connectivity index (χ0n) is 10.9. The van der Waals surface area contributed by atoms with E-state index in [1.54, 1.807) is 12.3 Å². The van der Waals surface area contributed by atoms with Gasteiger partial charge in [0.2, 0.25) is 5.76 Å². The fourth-order valence-electron chi connectivity index (χ4n) is 1.46. The number of hydrogen-bond donors (Lipinski definition) is 1. The first-order chi connectivity index (χ1) is 8.97. The molecule has 0 aliphatic heterocycles. The van der Waals surface area contributed by atoms with Crippen LogP contribution in [0.5, 0.6) is 0 Å². The summed E-state index contributed by atoms with van der Waals surface area (Å²) in [5.74, 6) is 0.488. The van der Waals surface area contributed by atoms with Crippen molar-refractivity contribution in [2.24, 2.45) is 0 Å². The lowest BCUT2D eigenvalue weighted by atomic mass is 10.1. The molecule has 0 saturated heterocycles. The molecule has 2 aromatic heterocycles. The Morgan fingerprint density at radius 3 is 2.74 bits per heavy atom. The Kier molecular flexibility index (Phi) is 3.99. The molecule has 2 heterocycles. The van der Waals surface area contributed by atoms with Gasteiger partial charge in [0, 0.05) is 12.3 Å². The highest BCUT2D eigenvalue weighted by Crippen LogP contribution is 2.21. The predicted molar refractivity (Wildman–Crippen MR) is 75.2 cm³/mol. The van der Waals surface area contributed by atoms with Crippen molar-refractivity contribution in [1.29, 1.82) is 0 Å². The molecule has 100 valence electrons. The highest BCUT2D eigenvalue weighted by molar-refractivity contribution is 9.10. The molecule has 0 radical (unpaired) electrons. The second kappa shape index (κ2) is 5.52. The summed E-state index contributed by atoms with van der Waals surface area (Å²) in [6.45, 7) is 5.89. The summed E-state index contributed by atoms with van der Waals surface area (Å²) in [7, 11) is 0. The second-order valence-corrected chi connectivity index (χ2v) is 5.42. The van der Waals surface area contributed by atoms with Gasteiger partial charge >= 0.3 is 0 Å². The van der Waals surface area contributed by atoms with Crippen LogP contribution >= 0.6 is 15.9 Å². The molecule has 0 aromatic carbocycles. The lowest BCUT2D eigenvalue weighted by Gasteiger charge is -2.04. The summed E-state index contributed by atoms with van der Waals surface area (Å²) in [5.41, 5.74) is 1.76. The number of nitrogens with one attached hydrogen (secondary N) is 1. The zero-order valence-corrected chi connectivity index (χ0v) is 12.5. The number of amides is 1. The molecule has 2 aromatic rings. The maximum Gasteiger partial charge on any atom is 0.295 e. The van der Waals surface area contributed by atoms with Crippen LogP contribution in [0.2, 0.25) is 0 Å². The van der Waals surface area contributed by atoms with Gasteiger partial charge in [-0.2, -0.15) is 0 Å². The fourth-order valence-corrected chi connectivity index (χ4v) is 2.03. The van der Waals surface area contributed by atoms with Crippen molar-refractivity contribution >= 4 is 27.7 Å². The minimum Gasteiger partial charge on any atom is -0.351 e. The van der Waals surface area contributed by atoms with Gasteiger partial charge in [0.15, 0.2) is 0 Å². The lowest BCUT2D eigenvalue weighted by Crippen LogP contribution is -2.12. The molecule has 0 aliphatic carbocycles. The third-order valence-electron chi connectivity index (χ3n) is 2.55. The Balaban J connectivity index is 2.16. The number of rotatable bonds is 3. The molecule has 0 saturated carbocycles. The predicted octanol–water partition coefficient (Wildman–Crippen LogP) is 3.52. The first kappa shape index (κ1) is 13.7. The zero-order chi connectivity index (χ0) is 14.0. The minimum absolute atomic E-state index is 0.179. The van der Waals surface area contributed by atoms with Crippen molar-refractivity contribution in [3.63, 3.8) is 0 Å². The number of hydrogen-bond acceptors (Lipinski definition) is 4. The van der Waals surface area contributed by atoms with E-state index in [-0.39, 0.29) is 17.6 Å². The van der Waals surface area contributed by atoms with Crippen LogP contribution < -0.4 is 5.32 Å². The summed E-state index contributed by atoms with van der Waals surface area (Å²) in [6.07, 6.45) is 1.68. The van der Waals surface area contributed by atoms with Crippen LogP contribution in [0.4, 0.5) is 5.82 Å². The summed E-state index contributed by atoms with van der Waals surface area (Å²) >= 11 is 3.35. The van der Waals surface area contributed by atoms with Crippen LogP contribution in [0.1, 0.15) is 41.6 Å². The Hall–Kier alpha value is -1.69. The molecule has 0 bridgehead atoms. The van der Waals surface area contributed by atoms with Gasteiger partial charge in [-0.1, -0.05) is 19.0 Å². The number of anilines is 1. The van der Waals surface area contributed by atoms with Gasteiger partial charge in [-0.25, -0.2) is 4.98 Å².